The summed E-state index contributed by atoms with van der Waals surface area (Å²) >= 11 is 0. The van der Waals surface area contributed by atoms with Crippen molar-refractivity contribution in [1.29, 1.82) is 0 Å². The molecular weight excluding hydrogens is 381 g/mol. The molecule has 1 unspecified atom stereocenters. The summed E-state index contributed by atoms with van der Waals surface area (Å²) in [6.45, 7) is 4.92. The molecule has 3 rings (SSSR count). The summed E-state index contributed by atoms with van der Waals surface area (Å²) in [4.78, 5) is 4.82. The Morgan fingerprint density at radius 3 is 1.43 bits per heavy atom. The summed E-state index contributed by atoms with van der Waals surface area (Å²) in [5, 5.41) is 42.6. The zero-order chi connectivity index (χ0) is 22.4. The van der Waals surface area contributed by atoms with E-state index >= 15 is 0 Å². The van der Waals surface area contributed by atoms with Crippen LogP contribution in [0.3, 0.4) is 0 Å². The Morgan fingerprint density at radius 2 is 1.10 bits per heavy atom. The van der Waals surface area contributed by atoms with E-state index in [-0.39, 0.29) is 0 Å². The molecule has 0 amide bonds. The molecular formula is C23H28BNO5. The van der Waals surface area contributed by atoms with Gasteiger partial charge in [-0.25, -0.2) is 4.98 Å². The van der Waals surface area contributed by atoms with E-state index in [9.17, 15) is 10.2 Å². The van der Waals surface area contributed by atoms with Crippen molar-refractivity contribution >= 4 is 7.32 Å². The molecule has 2 aromatic carbocycles. The molecule has 3 aromatic rings. The highest BCUT2D eigenvalue weighted by Gasteiger charge is 2.37. The lowest BCUT2D eigenvalue weighted by Crippen LogP contribution is -2.49. The van der Waals surface area contributed by atoms with Gasteiger partial charge in [0.1, 0.15) is 0 Å². The van der Waals surface area contributed by atoms with Crippen molar-refractivity contribution in [2.45, 2.75) is 38.4 Å². The van der Waals surface area contributed by atoms with Crippen LogP contribution in [0.5, 0.6) is 0 Å². The van der Waals surface area contributed by atoms with E-state index in [1.165, 1.54) is 0 Å². The fourth-order valence-electron chi connectivity index (χ4n) is 2.82. The highest BCUT2D eigenvalue weighted by atomic mass is 16.5. The minimum atomic E-state index is -2.17. The number of pyridine rings is 1. The summed E-state index contributed by atoms with van der Waals surface area (Å²) in [5.74, 6) is 0. The maximum Gasteiger partial charge on any atom is 0.631 e. The van der Waals surface area contributed by atoms with Crippen LogP contribution in [-0.2, 0) is 6.42 Å². The van der Waals surface area contributed by atoms with Crippen LogP contribution >= 0.6 is 0 Å². The predicted octanol–water partition coefficient (Wildman–Crippen LogP) is 2.43. The van der Waals surface area contributed by atoms with Gasteiger partial charge in [-0.1, -0.05) is 60.7 Å². The average molecular weight is 409 g/mol. The van der Waals surface area contributed by atoms with Crippen LogP contribution in [0, 0.1) is 0 Å². The monoisotopic (exact) mass is 409 g/mol. The fraction of sp³-hybridized carbons (Fsp3) is 0.261. The lowest BCUT2D eigenvalue weighted by Gasteiger charge is -2.35. The van der Waals surface area contributed by atoms with E-state index in [1.54, 1.807) is 20.8 Å². The first-order valence-corrected chi connectivity index (χ1v) is 9.60. The fourth-order valence-corrected chi connectivity index (χ4v) is 2.82. The SMILES string of the molecule is CC(C)(O)C(C)(O)Cc1cc(-c2ccccc2)nc(-c2ccccc2)c1.OB(O)O. The van der Waals surface area contributed by atoms with Crippen LogP contribution < -0.4 is 0 Å². The molecule has 158 valence electrons. The smallest absolute Gasteiger partial charge is 0.402 e. The summed E-state index contributed by atoms with van der Waals surface area (Å²) in [6.07, 6.45) is 0.332. The van der Waals surface area contributed by atoms with Crippen LogP contribution in [0.1, 0.15) is 26.3 Å². The lowest BCUT2D eigenvalue weighted by atomic mass is 9.82. The largest absolute Gasteiger partial charge is 0.631 e. The maximum atomic E-state index is 10.8. The summed E-state index contributed by atoms with van der Waals surface area (Å²) in [5.41, 5.74) is 2.22. The van der Waals surface area contributed by atoms with Crippen LogP contribution in [0.2, 0.25) is 0 Å². The van der Waals surface area contributed by atoms with Gasteiger partial charge in [0.25, 0.3) is 0 Å². The van der Waals surface area contributed by atoms with Crippen molar-refractivity contribution in [1.82, 2.24) is 4.98 Å². The minimum Gasteiger partial charge on any atom is -0.402 e. The normalized spacial score (nSPS) is 13.1. The lowest BCUT2D eigenvalue weighted by molar-refractivity contribution is -0.118. The van der Waals surface area contributed by atoms with Gasteiger partial charge in [0, 0.05) is 17.5 Å². The Kier molecular flexibility index (Phi) is 7.89. The number of nitrogens with zero attached hydrogens (tertiary/aromatic N) is 1. The molecule has 6 nitrogen and oxygen atoms in total. The Balaban J connectivity index is 0.000000735. The third-order valence-electron chi connectivity index (χ3n) is 4.89. The Morgan fingerprint density at radius 1 is 0.733 bits per heavy atom. The second kappa shape index (κ2) is 9.97. The van der Waals surface area contributed by atoms with E-state index in [4.69, 9.17) is 20.1 Å². The number of hydrogen-bond acceptors (Lipinski definition) is 6. The predicted molar refractivity (Wildman–Crippen MR) is 118 cm³/mol. The van der Waals surface area contributed by atoms with Crippen LogP contribution in [0.4, 0.5) is 0 Å². The summed E-state index contributed by atoms with van der Waals surface area (Å²) in [7, 11) is -2.17. The highest BCUT2D eigenvalue weighted by molar-refractivity contribution is 6.30. The Bertz CT molecular complexity index is 865. The first-order valence-electron chi connectivity index (χ1n) is 9.60. The molecule has 30 heavy (non-hydrogen) atoms. The first kappa shape index (κ1) is 23.7. The van der Waals surface area contributed by atoms with Gasteiger partial charge in [-0.05, 0) is 38.5 Å². The number of rotatable bonds is 5. The van der Waals surface area contributed by atoms with E-state index in [1.807, 2.05) is 72.8 Å². The number of aliphatic hydroxyl groups is 2. The first-order chi connectivity index (χ1) is 14.0. The van der Waals surface area contributed by atoms with E-state index in [0.717, 1.165) is 28.1 Å². The molecule has 7 heteroatoms. The molecule has 0 saturated carbocycles. The quantitative estimate of drug-likeness (QED) is 0.414. The van der Waals surface area contributed by atoms with Gasteiger partial charge in [0.15, 0.2) is 0 Å². The molecule has 0 aliphatic rings. The second-order valence-corrected chi connectivity index (χ2v) is 7.83. The van der Waals surface area contributed by atoms with Gasteiger partial charge in [0.2, 0.25) is 0 Å². The van der Waals surface area contributed by atoms with Gasteiger partial charge in [-0.15, -0.1) is 0 Å². The summed E-state index contributed by atoms with van der Waals surface area (Å²) < 4.78 is 0. The molecule has 5 N–H and O–H groups in total. The van der Waals surface area contributed by atoms with Crippen LogP contribution in [0.25, 0.3) is 22.5 Å². The molecule has 0 bridgehead atoms. The van der Waals surface area contributed by atoms with Gasteiger partial charge < -0.3 is 25.3 Å². The van der Waals surface area contributed by atoms with Crippen molar-refractivity contribution in [3.05, 3.63) is 78.4 Å². The van der Waals surface area contributed by atoms with E-state index < -0.39 is 18.5 Å². The highest BCUT2D eigenvalue weighted by Crippen LogP contribution is 2.30. The number of hydrogen-bond donors (Lipinski definition) is 5. The molecule has 1 heterocycles. The standard InChI is InChI=1S/C23H25NO2.BH3O3/c1-22(2,25)23(3,26)16-17-14-20(18-10-6-4-7-11-18)24-21(15-17)19-12-8-5-9-13-19;2-1(3)4/h4-15,25-26H,16H2,1-3H3;2-4H. The molecule has 1 atom stereocenters. The topological polar surface area (TPSA) is 114 Å². The minimum absolute atomic E-state index is 0.332. The molecule has 0 radical (unpaired) electrons. The second-order valence-electron chi connectivity index (χ2n) is 7.83. The van der Waals surface area contributed by atoms with Crippen molar-refractivity contribution < 1.29 is 25.3 Å². The third-order valence-corrected chi connectivity index (χ3v) is 4.89. The van der Waals surface area contributed by atoms with E-state index in [2.05, 4.69) is 0 Å². The maximum absolute atomic E-state index is 10.8. The van der Waals surface area contributed by atoms with Crippen LogP contribution in [-0.4, -0.2) is 48.8 Å². The molecule has 0 spiro atoms. The van der Waals surface area contributed by atoms with Crippen molar-refractivity contribution in [2.75, 3.05) is 0 Å². The molecule has 1 aromatic heterocycles. The van der Waals surface area contributed by atoms with Crippen molar-refractivity contribution in [2.24, 2.45) is 0 Å². The van der Waals surface area contributed by atoms with Crippen LogP contribution in [0.15, 0.2) is 72.8 Å². The third kappa shape index (κ3) is 6.76. The van der Waals surface area contributed by atoms with Gasteiger partial charge in [0.05, 0.1) is 22.6 Å². The zero-order valence-electron chi connectivity index (χ0n) is 17.4. The molecule has 0 aliphatic carbocycles. The van der Waals surface area contributed by atoms with Gasteiger partial charge in [-0.3, -0.25) is 0 Å². The zero-order valence-corrected chi connectivity index (χ0v) is 17.4. The van der Waals surface area contributed by atoms with Gasteiger partial charge in [-0.2, -0.15) is 0 Å². The Labute approximate surface area is 177 Å². The molecule has 0 fully saturated rings. The van der Waals surface area contributed by atoms with Gasteiger partial charge >= 0.3 is 7.32 Å². The average Bonchev–Trinajstić information content (AvgIpc) is 2.67. The molecule has 0 aliphatic heterocycles. The number of benzene rings is 2. The summed E-state index contributed by atoms with van der Waals surface area (Å²) in [6, 6.07) is 24.0. The molecule has 0 saturated heterocycles. The number of aromatic nitrogens is 1. The van der Waals surface area contributed by atoms with Crippen molar-refractivity contribution in [3.63, 3.8) is 0 Å². The Hall–Kier alpha value is -2.55. The van der Waals surface area contributed by atoms with Crippen molar-refractivity contribution in [3.8, 4) is 22.5 Å². The van der Waals surface area contributed by atoms with E-state index in [0.29, 0.717) is 6.42 Å².